The number of nitrogens with one attached hydrogen (secondary N) is 1. The molecule has 2 rings (SSSR count). The van der Waals surface area contributed by atoms with Gasteiger partial charge in [0.2, 0.25) is 0 Å². The Balaban J connectivity index is 2.27. The fourth-order valence-corrected chi connectivity index (χ4v) is 1.74. The molecule has 1 aromatic heterocycles. The van der Waals surface area contributed by atoms with Gasteiger partial charge < -0.3 is 19.6 Å². The van der Waals surface area contributed by atoms with Gasteiger partial charge in [0.15, 0.2) is 0 Å². The van der Waals surface area contributed by atoms with Crippen molar-refractivity contribution in [3.05, 3.63) is 47.4 Å². The van der Waals surface area contributed by atoms with Crippen LogP contribution in [0.5, 0.6) is 5.75 Å². The summed E-state index contributed by atoms with van der Waals surface area (Å²) in [7, 11) is 1.40. The highest BCUT2D eigenvalue weighted by Crippen LogP contribution is 2.26. The van der Waals surface area contributed by atoms with Gasteiger partial charge in [-0.15, -0.1) is 0 Å². The topological polar surface area (TPSA) is 88.8 Å². The van der Waals surface area contributed by atoms with Crippen molar-refractivity contribution in [2.45, 2.75) is 6.92 Å². The third-order valence-corrected chi connectivity index (χ3v) is 2.80. The number of carboxylic acid groups (broad SMARTS) is 1. The summed E-state index contributed by atoms with van der Waals surface area (Å²) < 4.78 is 10.1. The molecule has 0 saturated carbocycles. The van der Waals surface area contributed by atoms with Crippen LogP contribution in [0.2, 0.25) is 0 Å². The van der Waals surface area contributed by atoms with Crippen LogP contribution in [-0.2, 0) is 0 Å². The molecule has 6 nitrogen and oxygen atoms in total. The number of hydrogen-bond acceptors (Lipinski definition) is 4. The number of ether oxygens (including phenoxy) is 1. The van der Waals surface area contributed by atoms with Gasteiger partial charge in [-0.05, 0) is 31.2 Å². The number of aryl methyl sites for hydroxylation is 1. The zero-order valence-electron chi connectivity index (χ0n) is 11.0. The number of carbonyl (C=O) groups excluding carboxylic acids is 1. The zero-order valence-corrected chi connectivity index (χ0v) is 11.0. The lowest BCUT2D eigenvalue weighted by atomic mass is 10.1. The van der Waals surface area contributed by atoms with Crippen molar-refractivity contribution in [3.63, 3.8) is 0 Å². The SMILES string of the molecule is COc1cc(C(=O)O)ccc1NC(=O)c1ccoc1C. The molecule has 1 aromatic carbocycles. The average molecular weight is 275 g/mol. The number of furan rings is 1. The van der Waals surface area contributed by atoms with E-state index in [1.54, 1.807) is 13.0 Å². The van der Waals surface area contributed by atoms with Gasteiger partial charge in [0, 0.05) is 0 Å². The maximum atomic E-state index is 12.0. The highest BCUT2D eigenvalue weighted by atomic mass is 16.5. The molecular weight excluding hydrogens is 262 g/mol. The van der Waals surface area contributed by atoms with Crippen molar-refractivity contribution in [2.75, 3.05) is 12.4 Å². The van der Waals surface area contributed by atoms with E-state index in [-0.39, 0.29) is 17.2 Å². The summed E-state index contributed by atoms with van der Waals surface area (Å²) >= 11 is 0. The summed E-state index contributed by atoms with van der Waals surface area (Å²) in [5, 5.41) is 11.6. The number of rotatable bonds is 4. The first-order valence-electron chi connectivity index (χ1n) is 5.79. The normalized spacial score (nSPS) is 10.1. The largest absolute Gasteiger partial charge is 0.495 e. The van der Waals surface area contributed by atoms with Crippen molar-refractivity contribution in [2.24, 2.45) is 0 Å². The zero-order chi connectivity index (χ0) is 14.7. The number of amides is 1. The standard InChI is InChI=1S/C14H13NO5/c1-8-10(5-6-20-8)13(16)15-11-4-3-9(14(17)18)7-12(11)19-2/h3-7H,1-2H3,(H,15,16)(H,17,18). The molecule has 1 heterocycles. The minimum atomic E-state index is -1.06. The van der Waals surface area contributed by atoms with Gasteiger partial charge in [0.05, 0.1) is 30.2 Å². The van der Waals surface area contributed by atoms with E-state index in [0.717, 1.165) is 0 Å². The number of methoxy groups -OCH3 is 1. The summed E-state index contributed by atoms with van der Waals surface area (Å²) in [5.41, 5.74) is 0.886. The van der Waals surface area contributed by atoms with Gasteiger partial charge >= 0.3 is 5.97 Å². The Morgan fingerprint density at radius 1 is 1.30 bits per heavy atom. The van der Waals surface area contributed by atoms with Crippen LogP contribution in [0.25, 0.3) is 0 Å². The van der Waals surface area contributed by atoms with Gasteiger partial charge in [-0.2, -0.15) is 0 Å². The lowest BCUT2D eigenvalue weighted by molar-refractivity contribution is 0.0696. The number of carboxylic acids is 1. The Kier molecular flexibility index (Phi) is 3.74. The quantitative estimate of drug-likeness (QED) is 0.895. The number of benzene rings is 1. The monoisotopic (exact) mass is 275 g/mol. The summed E-state index contributed by atoms with van der Waals surface area (Å²) in [6.45, 7) is 1.68. The summed E-state index contributed by atoms with van der Waals surface area (Å²) in [4.78, 5) is 22.9. The molecule has 2 N–H and O–H groups in total. The average Bonchev–Trinajstić information content (AvgIpc) is 2.85. The molecule has 0 atom stereocenters. The Hall–Kier alpha value is -2.76. The van der Waals surface area contributed by atoms with E-state index in [1.165, 1.54) is 31.6 Å². The Labute approximate surface area is 115 Å². The number of hydrogen-bond donors (Lipinski definition) is 2. The van der Waals surface area contributed by atoms with E-state index in [0.29, 0.717) is 17.0 Å². The minimum absolute atomic E-state index is 0.0827. The molecule has 0 aliphatic heterocycles. The van der Waals surface area contributed by atoms with Crippen molar-refractivity contribution in [3.8, 4) is 5.75 Å². The van der Waals surface area contributed by atoms with Crippen molar-refractivity contribution >= 4 is 17.6 Å². The van der Waals surface area contributed by atoms with E-state index in [1.807, 2.05) is 0 Å². The van der Waals surface area contributed by atoms with Gasteiger partial charge in [-0.3, -0.25) is 4.79 Å². The fraction of sp³-hybridized carbons (Fsp3) is 0.143. The van der Waals surface area contributed by atoms with E-state index >= 15 is 0 Å². The van der Waals surface area contributed by atoms with E-state index in [4.69, 9.17) is 14.3 Å². The third kappa shape index (κ3) is 2.64. The molecule has 0 spiro atoms. The smallest absolute Gasteiger partial charge is 0.335 e. The highest BCUT2D eigenvalue weighted by Gasteiger charge is 2.15. The second-order valence-corrected chi connectivity index (χ2v) is 4.06. The fourth-order valence-electron chi connectivity index (χ4n) is 1.74. The predicted molar refractivity (Wildman–Crippen MR) is 71.4 cm³/mol. The lowest BCUT2D eigenvalue weighted by Gasteiger charge is -2.10. The van der Waals surface area contributed by atoms with E-state index < -0.39 is 5.97 Å². The molecule has 6 heteroatoms. The second kappa shape index (κ2) is 5.48. The number of carbonyl (C=O) groups is 2. The van der Waals surface area contributed by atoms with Crippen LogP contribution >= 0.6 is 0 Å². The molecule has 0 fully saturated rings. The molecule has 0 radical (unpaired) electrons. The van der Waals surface area contributed by atoms with E-state index in [2.05, 4.69) is 5.32 Å². The van der Waals surface area contributed by atoms with Crippen LogP contribution in [0.1, 0.15) is 26.5 Å². The van der Waals surface area contributed by atoms with Gasteiger partial charge in [-0.25, -0.2) is 4.79 Å². The Morgan fingerprint density at radius 2 is 2.05 bits per heavy atom. The van der Waals surface area contributed by atoms with E-state index in [9.17, 15) is 9.59 Å². The first kappa shape index (κ1) is 13.7. The van der Waals surface area contributed by atoms with Crippen molar-refractivity contribution < 1.29 is 23.8 Å². The van der Waals surface area contributed by atoms with Crippen LogP contribution in [0, 0.1) is 6.92 Å². The van der Waals surface area contributed by atoms with Crippen LogP contribution in [0.15, 0.2) is 34.9 Å². The molecule has 0 unspecified atom stereocenters. The number of anilines is 1. The Bertz CT molecular complexity index is 659. The summed E-state index contributed by atoms with van der Waals surface area (Å²) in [6.07, 6.45) is 1.43. The van der Waals surface area contributed by atoms with Crippen LogP contribution in [-0.4, -0.2) is 24.1 Å². The molecule has 0 aliphatic carbocycles. The van der Waals surface area contributed by atoms with Crippen LogP contribution < -0.4 is 10.1 Å². The first-order valence-corrected chi connectivity index (χ1v) is 5.79. The van der Waals surface area contributed by atoms with Gasteiger partial charge in [0.25, 0.3) is 5.91 Å². The summed E-state index contributed by atoms with van der Waals surface area (Å²) in [6, 6.07) is 5.78. The van der Waals surface area contributed by atoms with Gasteiger partial charge in [-0.1, -0.05) is 0 Å². The molecule has 0 aliphatic rings. The third-order valence-electron chi connectivity index (χ3n) is 2.80. The number of aromatic carboxylic acids is 1. The molecule has 20 heavy (non-hydrogen) atoms. The molecule has 1 amide bonds. The maximum Gasteiger partial charge on any atom is 0.335 e. The molecular formula is C14H13NO5. The highest BCUT2D eigenvalue weighted by molar-refractivity contribution is 6.06. The van der Waals surface area contributed by atoms with Crippen LogP contribution in [0.3, 0.4) is 0 Å². The maximum absolute atomic E-state index is 12.0. The molecule has 2 aromatic rings. The molecule has 0 saturated heterocycles. The lowest BCUT2D eigenvalue weighted by Crippen LogP contribution is -2.13. The van der Waals surface area contributed by atoms with Crippen molar-refractivity contribution in [1.29, 1.82) is 0 Å². The first-order chi connectivity index (χ1) is 9.52. The van der Waals surface area contributed by atoms with Gasteiger partial charge in [0.1, 0.15) is 11.5 Å². The summed E-state index contributed by atoms with van der Waals surface area (Å²) in [5.74, 6) is -0.632. The van der Waals surface area contributed by atoms with Crippen molar-refractivity contribution in [1.82, 2.24) is 0 Å². The minimum Gasteiger partial charge on any atom is -0.495 e. The molecule has 0 bridgehead atoms. The Morgan fingerprint density at radius 3 is 2.60 bits per heavy atom. The second-order valence-electron chi connectivity index (χ2n) is 4.06. The predicted octanol–water partition coefficient (Wildman–Crippen LogP) is 2.55. The van der Waals surface area contributed by atoms with Crippen LogP contribution in [0.4, 0.5) is 5.69 Å². The molecule has 104 valence electrons.